The minimum atomic E-state index is -2.76. The summed E-state index contributed by atoms with van der Waals surface area (Å²) in [5.74, 6) is -0.288. The van der Waals surface area contributed by atoms with Crippen LogP contribution >= 0.6 is 0 Å². The number of amides is 1. The molecule has 6 nitrogen and oxygen atoms in total. The number of alkyl halides is 2. The third-order valence-electron chi connectivity index (χ3n) is 3.86. The lowest BCUT2D eigenvalue weighted by atomic mass is 10.2. The summed E-state index contributed by atoms with van der Waals surface area (Å²) in [6, 6.07) is 6.69. The largest absolute Gasteiger partial charge is 0.385 e. The van der Waals surface area contributed by atoms with Gasteiger partial charge in [-0.15, -0.1) is 0 Å². The second kappa shape index (κ2) is 8.55. The molecule has 1 aromatic heterocycles. The van der Waals surface area contributed by atoms with Gasteiger partial charge >= 0.3 is 6.55 Å². The van der Waals surface area contributed by atoms with E-state index in [0.717, 1.165) is 17.4 Å². The molecule has 1 heterocycles. The molecule has 0 unspecified atom stereocenters. The van der Waals surface area contributed by atoms with E-state index < -0.39 is 6.55 Å². The van der Waals surface area contributed by atoms with E-state index in [0.29, 0.717) is 11.0 Å². The second-order valence-corrected chi connectivity index (χ2v) is 5.60. The minimum Gasteiger partial charge on any atom is -0.385 e. The van der Waals surface area contributed by atoms with E-state index in [1.807, 2.05) is 13.8 Å². The van der Waals surface area contributed by atoms with Gasteiger partial charge in [-0.25, -0.2) is 4.98 Å². The summed E-state index contributed by atoms with van der Waals surface area (Å²) in [6.07, 6.45) is 1.64. The highest BCUT2D eigenvalue weighted by molar-refractivity contribution is 5.98. The molecule has 0 aliphatic heterocycles. The van der Waals surface area contributed by atoms with Gasteiger partial charge in [-0.05, 0) is 31.9 Å². The molecule has 0 aliphatic carbocycles. The van der Waals surface area contributed by atoms with Crippen molar-refractivity contribution in [1.29, 1.82) is 0 Å². The van der Waals surface area contributed by atoms with Gasteiger partial charge in [0.15, 0.2) is 12.4 Å². The fraction of sp³-hybridized carbons (Fsp3) is 0.471. The molecule has 136 valence electrons. The first kappa shape index (κ1) is 18.8. The number of oxime groups is 1. The predicted molar refractivity (Wildman–Crippen MR) is 91.7 cm³/mol. The number of para-hydroxylation sites is 2. The van der Waals surface area contributed by atoms with Crippen LogP contribution in [0.5, 0.6) is 0 Å². The first-order valence-corrected chi connectivity index (χ1v) is 8.19. The SMILES string of the molecule is CCC(CC)NC(=O)CON=C(C)c1nc2ccccc2n1C(F)F. The maximum atomic E-state index is 13.4. The number of hydrogen-bond acceptors (Lipinski definition) is 4. The maximum Gasteiger partial charge on any atom is 0.320 e. The Morgan fingerprint density at radius 2 is 2.00 bits per heavy atom. The number of carbonyl (C=O) groups is 1. The third-order valence-corrected chi connectivity index (χ3v) is 3.86. The van der Waals surface area contributed by atoms with E-state index in [9.17, 15) is 13.6 Å². The molecule has 25 heavy (non-hydrogen) atoms. The van der Waals surface area contributed by atoms with Crippen molar-refractivity contribution >= 4 is 22.7 Å². The number of nitrogens with one attached hydrogen (secondary N) is 1. The van der Waals surface area contributed by atoms with Gasteiger partial charge in [0.05, 0.1) is 11.0 Å². The zero-order chi connectivity index (χ0) is 18.4. The van der Waals surface area contributed by atoms with Gasteiger partial charge in [0.25, 0.3) is 5.91 Å². The molecule has 1 N–H and O–H groups in total. The molecule has 0 atom stereocenters. The van der Waals surface area contributed by atoms with Crippen molar-refractivity contribution in [3.63, 3.8) is 0 Å². The van der Waals surface area contributed by atoms with E-state index >= 15 is 0 Å². The summed E-state index contributed by atoms with van der Waals surface area (Å²) in [6.45, 7) is 2.44. The van der Waals surface area contributed by atoms with Crippen molar-refractivity contribution in [2.75, 3.05) is 6.61 Å². The number of benzene rings is 1. The van der Waals surface area contributed by atoms with Crippen LogP contribution in [0.25, 0.3) is 11.0 Å². The van der Waals surface area contributed by atoms with Crippen molar-refractivity contribution in [2.45, 2.75) is 46.2 Å². The van der Waals surface area contributed by atoms with Gasteiger partial charge in [0, 0.05) is 6.04 Å². The third kappa shape index (κ3) is 4.52. The van der Waals surface area contributed by atoms with E-state index in [2.05, 4.69) is 15.5 Å². The number of nitrogens with zero attached hydrogens (tertiary/aromatic N) is 3. The van der Waals surface area contributed by atoms with Crippen LogP contribution in [-0.4, -0.2) is 33.8 Å². The molecular weight excluding hydrogens is 330 g/mol. The van der Waals surface area contributed by atoms with Crippen LogP contribution in [0.4, 0.5) is 8.78 Å². The van der Waals surface area contributed by atoms with Crippen LogP contribution in [0.3, 0.4) is 0 Å². The second-order valence-electron chi connectivity index (χ2n) is 5.60. The van der Waals surface area contributed by atoms with Gasteiger partial charge in [0.2, 0.25) is 0 Å². The first-order valence-electron chi connectivity index (χ1n) is 8.19. The Balaban J connectivity index is 2.11. The summed E-state index contributed by atoms with van der Waals surface area (Å²) in [5.41, 5.74) is 0.930. The fourth-order valence-electron chi connectivity index (χ4n) is 2.49. The highest BCUT2D eigenvalue weighted by Crippen LogP contribution is 2.23. The molecule has 0 aliphatic rings. The zero-order valence-corrected chi connectivity index (χ0v) is 14.5. The Morgan fingerprint density at radius 1 is 1.32 bits per heavy atom. The number of hydrogen-bond donors (Lipinski definition) is 1. The summed E-state index contributed by atoms with van der Waals surface area (Å²) >= 11 is 0. The quantitative estimate of drug-likeness (QED) is 0.584. The Labute approximate surface area is 144 Å². The lowest BCUT2D eigenvalue weighted by Gasteiger charge is -2.13. The van der Waals surface area contributed by atoms with Crippen molar-refractivity contribution in [2.24, 2.45) is 5.16 Å². The summed E-state index contributed by atoms with van der Waals surface area (Å²) in [5, 5.41) is 6.58. The highest BCUT2D eigenvalue weighted by atomic mass is 19.3. The molecule has 1 amide bonds. The average Bonchev–Trinajstić information content (AvgIpc) is 2.99. The van der Waals surface area contributed by atoms with E-state index in [1.54, 1.807) is 24.3 Å². The monoisotopic (exact) mass is 352 g/mol. The first-order chi connectivity index (χ1) is 12.0. The molecule has 0 fully saturated rings. The Hall–Kier alpha value is -2.51. The van der Waals surface area contributed by atoms with E-state index in [-0.39, 0.29) is 30.1 Å². The average molecular weight is 352 g/mol. The van der Waals surface area contributed by atoms with Gasteiger partial charge in [-0.2, -0.15) is 8.78 Å². The Kier molecular flexibility index (Phi) is 6.44. The van der Waals surface area contributed by atoms with Crippen molar-refractivity contribution in [3.05, 3.63) is 30.1 Å². The van der Waals surface area contributed by atoms with E-state index in [1.165, 1.54) is 6.92 Å². The summed E-state index contributed by atoms with van der Waals surface area (Å²) < 4.78 is 27.6. The molecular formula is C17H22F2N4O2. The van der Waals surface area contributed by atoms with Crippen LogP contribution < -0.4 is 5.32 Å². The van der Waals surface area contributed by atoms with Crippen LogP contribution in [0.1, 0.15) is 46.0 Å². The molecule has 1 aromatic carbocycles. The number of fused-ring (bicyclic) bond motifs is 1. The summed E-state index contributed by atoms with van der Waals surface area (Å²) in [7, 11) is 0. The fourth-order valence-corrected chi connectivity index (χ4v) is 2.49. The molecule has 2 aromatic rings. The molecule has 0 saturated heterocycles. The smallest absolute Gasteiger partial charge is 0.320 e. The summed E-state index contributed by atoms with van der Waals surface area (Å²) in [4.78, 5) is 20.9. The highest BCUT2D eigenvalue weighted by Gasteiger charge is 2.19. The number of aromatic nitrogens is 2. The molecule has 0 spiro atoms. The standard InChI is InChI=1S/C17H22F2N4O2/c1-4-12(5-2)20-15(24)10-25-22-11(3)16-21-13-8-6-7-9-14(13)23(16)17(18)19/h6-9,12,17H,4-5,10H2,1-3H3,(H,20,24). The van der Waals surface area contributed by atoms with Crippen molar-refractivity contribution in [3.8, 4) is 0 Å². The van der Waals surface area contributed by atoms with Crippen LogP contribution in [-0.2, 0) is 9.63 Å². The van der Waals surface area contributed by atoms with Crippen LogP contribution in [0.15, 0.2) is 29.4 Å². The van der Waals surface area contributed by atoms with Crippen LogP contribution in [0.2, 0.25) is 0 Å². The van der Waals surface area contributed by atoms with Gasteiger partial charge in [-0.3, -0.25) is 9.36 Å². The Bertz CT molecular complexity index is 754. The maximum absolute atomic E-state index is 13.4. The molecule has 0 radical (unpaired) electrons. The molecule has 2 rings (SSSR count). The molecule has 8 heteroatoms. The normalized spacial score (nSPS) is 12.2. The van der Waals surface area contributed by atoms with Crippen LogP contribution in [0, 0.1) is 0 Å². The van der Waals surface area contributed by atoms with Crippen molar-refractivity contribution < 1.29 is 18.4 Å². The minimum absolute atomic E-state index is 0.0107. The van der Waals surface area contributed by atoms with Gasteiger partial charge in [-0.1, -0.05) is 31.1 Å². The lowest BCUT2D eigenvalue weighted by Crippen LogP contribution is -2.36. The number of halogens is 2. The number of carbonyl (C=O) groups excluding carboxylic acids is 1. The van der Waals surface area contributed by atoms with E-state index in [4.69, 9.17) is 4.84 Å². The Morgan fingerprint density at radius 3 is 2.64 bits per heavy atom. The van der Waals surface area contributed by atoms with Gasteiger partial charge in [0.1, 0.15) is 5.71 Å². The lowest BCUT2D eigenvalue weighted by molar-refractivity contribution is -0.126. The number of imidazole rings is 1. The molecule has 0 bridgehead atoms. The predicted octanol–water partition coefficient (Wildman–Crippen LogP) is 3.48. The van der Waals surface area contributed by atoms with Gasteiger partial charge < -0.3 is 10.2 Å². The topological polar surface area (TPSA) is 68.5 Å². The van der Waals surface area contributed by atoms with Crippen molar-refractivity contribution in [1.82, 2.24) is 14.9 Å². The molecule has 0 saturated carbocycles. The zero-order valence-electron chi connectivity index (χ0n) is 14.5. The number of rotatable bonds is 8.